The largest absolute Gasteiger partial charge is 0.497 e. The summed E-state index contributed by atoms with van der Waals surface area (Å²) < 4.78 is 11.0. The first-order valence-corrected chi connectivity index (χ1v) is 9.74. The van der Waals surface area contributed by atoms with Gasteiger partial charge < -0.3 is 14.8 Å². The second-order valence-electron chi connectivity index (χ2n) is 6.90. The summed E-state index contributed by atoms with van der Waals surface area (Å²) in [4.78, 5) is 21.3. The number of methoxy groups -OCH3 is 1. The van der Waals surface area contributed by atoms with Crippen LogP contribution in [-0.4, -0.2) is 23.0 Å². The van der Waals surface area contributed by atoms with E-state index >= 15 is 0 Å². The average Bonchev–Trinajstić information content (AvgIpc) is 2.80. The van der Waals surface area contributed by atoms with Crippen LogP contribution in [-0.2, 0) is 0 Å². The minimum atomic E-state index is -0.172. The highest BCUT2D eigenvalue weighted by Gasteiger charge is 2.09. The Morgan fingerprint density at radius 1 is 0.903 bits per heavy atom. The monoisotopic (exact) mass is 411 g/mol. The van der Waals surface area contributed by atoms with E-state index in [0.717, 1.165) is 22.6 Å². The van der Waals surface area contributed by atoms with Crippen molar-refractivity contribution >= 4 is 11.6 Å². The standard InChI is InChI=1S/C25H21N3O3/c1-17-4-3-5-20(16-17)27-25(29)19-8-6-18(7-9-19)24-26-15-14-23(28-24)31-22-12-10-21(30-2)11-13-22/h3-16H,1-2H3,(H,27,29). The highest BCUT2D eigenvalue weighted by atomic mass is 16.5. The molecule has 1 aromatic heterocycles. The molecule has 154 valence electrons. The Morgan fingerprint density at radius 3 is 2.35 bits per heavy atom. The molecule has 31 heavy (non-hydrogen) atoms. The SMILES string of the molecule is COc1ccc(Oc2ccnc(-c3ccc(C(=O)Nc4cccc(C)c4)cc3)n2)cc1. The van der Waals surface area contributed by atoms with Gasteiger partial charge in [-0.15, -0.1) is 0 Å². The molecule has 0 fully saturated rings. The highest BCUT2D eigenvalue weighted by molar-refractivity contribution is 6.04. The van der Waals surface area contributed by atoms with Crippen LogP contribution in [0.5, 0.6) is 17.4 Å². The van der Waals surface area contributed by atoms with E-state index in [1.807, 2.05) is 67.6 Å². The minimum Gasteiger partial charge on any atom is -0.497 e. The minimum absolute atomic E-state index is 0.172. The predicted molar refractivity (Wildman–Crippen MR) is 120 cm³/mol. The zero-order valence-corrected chi connectivity index (χ0v) is 17.2. The molecule has 3 aromatic carbocycles. The number of anilines is 1. The molecule has 4 aromatic rings. The number of carbonyl (C=O) groups excluding carboxylic acids is 1. The van der Waals surface area contributed by atoms with Gasteiger partial charge in [-0.3, -0.25) is 4.79 Å². The van der Waals surface area contributed by atoms with Crippen LogP contribution in [0.1, 0.15) is 15.9 Å². The molecule has 0 atom stereocenters. The topological polar surface area (TPSA) is 73.3 Å². The first-order valence-electron chi connectivity index (χ1n) is 9.74. The Bertz CT molecular complexity index is 1190. The molecular formula is C25H21N3O3. The number of aryl methyl sites for hydroxylation is 1. The van der Waals surface area contributed by atoms with Gasteiger partial charge in [0.15, 0.2) is 5.82 Å². The second kappa shape index (κ2) is 9.09. The number of hydrogen-bond acceptors (Lipinski definition) is 5. The zero-order valence-electron chi connectivity index (χ0n) is 17.2. The van der Waals surface area contributed by atoms with Crippen molar-refractivity contribution in [1.29, 1.82) is 0 Å². The molecular weight excluding hydrogens is 390 g/mol. The van der Waals surface area contributed by atoms with E-state index in [4.69, 9.17) is 9.47 Å². The molecule has 1 N–H and O–H groups in total. The third-order valence-electron chi connectivity index (χ3n) is 4.59. The predicted octanol–water partition coefficient (Wildman–Crippen LogP) is 5.51. The van der Waals surface area contributed by atoms with Gasteiger partial charge in [0.25, 0.3) is 5.91 Å². The van der Waals surface area contributed by atoms with Crippen molar-refractivity contribution in [3.8, 4) is 28.8 Å². The fraction of sp³-hybridized carbons (Fsp3) is 0.0800. The lowest BCUT2D eigenvalue weighted by molar-refractivity contribution is 0.102. The normalized spacial score (nSPS) is 10.4. The fourth-order valence-corrected chi connectivity index (χ4v) is 3.00. The molecule has 1 heterocycles. The molecule has 0 saturated carbocycles. The number of aromatic nitrogens is 2. The maximum atomic E-state index is 12.5. The van der Waals surface area contributed by atoms with Crippen LogP contribution >= 0.6 is 0 Å². The lowest BCUT2D eigenvalue weighted by Gasteiger charge is -2.08. The molecule has 0 bridgehead atoms. The van der Waals surface area contributed by atoms with Crippen molar-refractivity contribution in [2.24, 2.45) is 0 Å². The van der Waals surface area contributed by atoms with Crippen molar-refractivity contribution in [2.45, 2.75) is 6.92 Å². The van der Waals surface area contributed by atoms with E-state index < -0.39 is 0 Å². The molecule has 0 aliphatic carbocycles. The van der Waals surface area contributed by atoms with Crippen LogP contribution in [0, 0.1) is 6.92 Å². The molecule has 0 radical (unpaired) electrons. The van der Waals surface area contributed by atoms with E-state index in [2.05, 4.69) is 15.3 Å². The summed E-state index contributed by atoms with van der Waals surface area (Å²) in [5.41, 5.74) is 3.19. The van der Waals surface area contributed by atoms with Crippen LogP contribution in [0.2, 0.25) is 0 Å². The van der Waals surface area contributed by atoms with Gasteiger partial charge in [0.05, 0.1) is 7.11 Å². The second-order valence-corrected chi connectivity index (χ2v) is 6.90. The zero-order chi connectivity index (χ0) is 21.6. The van der Waals surface area contributed by atoms with Crippen LogP contribution in [0.25, 0.3) is 11.4 Å². The Kier molecular flexibility index (Phi) is 5.89. The van der Waals surface area contributed by atoms with E-state index in [-0.39, 0.29) is 5.91 Å². The average molecular weight is 411 g/mol. The third-order valence-corrected chi connectivity index (χ3v) is 4.59. The first kappa shape index (κ1) is 20.1. The van der Waals surface area contributed by atoms with Gasteiger partial charge in [0.2, 0.25) is 5.88 Å². The number of ether oxygens (including phenoxy) is 2. The fourth-order valence-electron chi connectivity index (χ4n) is 3.00. The first-order chi connectivity index (χ1) is 15.1. The molecule has 1 amide bonds. The molecule has 6 heteroatoms. The maximum Gasteiger partial charge on any atom is 0.255 e. The van der Waals surface area contributed by atoms with Gasteiger partial charge in [0.1, 0.15) is 11.5 Å². The van der Waals surface area contributed by atoms with Crippen LogP contribution in [0.3, 0.4) is 0 Å². The Morgan fingerprint density at radius 2 is 1.65 bits per heavy atom. The molecule has 0 aliphatic heterocycles. The molecule has 6 nitrogen and oxygen atoms in total. The Hall–Kier alpha value is -4.19. The van der Waals surface area contributed by atoms with Gasteiger partial charge >= 0.3 is 0 Å². The number of amides is 1. The summed E-state index contributed by atoms with van der Waals surface area (Å²) in [6.45, 7) is 1.98. The number of rotatable bonds is 6. The van der Waals surface area contributed by atoms with E-state index in [0.29, 0.717) is 23.0 Å². The van der Waals surface area contributed by atoms with Crippen molar-refractivity contribution < 1.29 is 14.3 Å². The van der Waals surface area contributed by atoms with E-state index in [9.17, 15) is 4.79 Å². The van der Waals surface area contributed by atoms with Crippen molar-refractivity contribution in [3.05, 3.63) is 96.2 Å². The van der Waals surface area contributed by atoms with E-state index in [1.165, 1.54) is 0 Å². The molecule has 0 saturated heterocycles. The molecule has 0 aliphatic rings. The number of nitrogens with zero attached hydrogens (tertiary/aromatic N) is 2. The Balaban J connectivity index is 1.47. The van der Waals surface area contributed by atoms with Gasteiger partial charge in [-0.1, -0.05) is 24.3 Å². The molecule has 0 unspecified atom stereocenters. The number of carbonyl (C=O) groups is 1. The summed E-state index contributed by atoms with van der Waals surface area (Å²) in [5, 5.41) is 2.90. The van der Waals surface area contributed by atoms with Crippen molar-refractivity contribution in [1.82, 2.24) is 9.97 Å². The summed E-state index contributed by atoms with van der Waals surface area (Å²) in [7, 11) is 1.62. The van der Waals surface area contributed by atoms with Crippen LogP contribution in [0.4, 0.5) is 5.69 Å². The Labute approximate surface area is 180 Å². The van der Waals surface area contributed by atoms with Gasteiger partial charge in [0, 0.05) is 29.1 Å². The number of benzene rings is 3. The molecule has 4 rings (SSSR count). The summed E-state index contributed by atoms with van der Waals surface area (Å²) in [5.74, 6) is 2.17. The molecule has 0 spiro atoms. The number of nitrogens with one attached hydrogen (secondary N) is 1. The smallest absolute Gasteiger partial charge is 0.255 e. The van der Waals surface area contributed by atoms with Crippen molar-refractivity contribution in [2.75, 3.05) is 12.4 Å². The summed E-state index contributed by atoms with van der Waals surface area (Å²) in [6.07, 6.45) is 1.64. The lowest BCUT2D eigenvalue weighted by atomic mass is 10.1. The summed E-state index contributed by atoms with van der Waals surface area (Å²) in [6, 6.07) is 23.8. The number of hydrogen-bond donors (Lipinski definition) is 1. The quantitative estimate of drug-likeness (QED) is 0.453. The van der Waals surface area contributed by atoms with Crippen LogP contribution in [0.15, 0.2) is 85.1 Å². The van der Waals surface area contributed by atoms with Crippen LogP contribution < -0.4 is 14.8 Å². The van der Waals surface area contributed by atoms with Crippen molar-refractivity contribution in [3.63, 3.8) is 0 Å². The van der Waals surface area contributed by atoms with Gasteiger partial charge in [-0.2, -0.15) is 4.98 Å². The van der Waals surface area contributed by atoms with Gasteiger partial charge in [-0.25, -0.2) is 4.98 Å². The highest BCUT2D eigenvalue weighted by Crippen LogP contribution is 2.24. The maximum absolute atomic E-state index is 12.5. The lowest BCUT2D eigenvalue weighted by Crippen LogP contribution is -2.11. The van der Waals surface area contributed by atoms with Gasteiger partial charge in [-0.05, 0) is 61.0 Å². The van der Waals surface area contributed by atoms with E-state index in [1.54, 1.807) is 31.5 Å². The third kappa shape index (κ3) is 5.05. The summed E-state index contributed by atoms with van der Waals surface area (Å²) >= 11 is 0.